The number of rotatable bonds is 5. The molecule has 5 nitrogen and oxygen atoms in total. The summed E-state index contributed by atoms with van der Waals surface area (Å²) in [5, 5.41) is 0. The summed E-state index contributed by atoms with van der Waals surface area (Å²) in [5.41, 5.74) is 6.08. The fourth-order valence-electron chi connectivity index (χ4n) is 1.92. The van der Waals surface area contributed by atoms with Crippen LogP contribution in [0.15, 0.2) is 23.1 Å². The van der Waals surface area contributed by atoms with Gasteiger partial charge < -0.3 is 10.5 Å². The Morgan fingerprint density at radius 3 is 2.95 bits per heavy atom. The molecule has 3 N–H and O–H groups in total. The Hall–Kier alpha value is -0.920. The summed E-state index contributed by atoms with van der Waals surface area (Å²) in [5.74, 6) is 2.14. The Morgan fingerprint density at radius 2 is 2.32 bits per heavy atom. The van der Waals surface area contributed by atoms with Crippen LogP contribution in [-0.2, 0) is 10.0 Å². The van der Waals surface area contributed by atoms with Gasteiger partial charge >= 0.3 is 0 Å². The number of nitrogens with two attached hydrogens (primary N) is 1. The van der Waals surface area contributed by atoms with Crippen LogP contribution in [0.1, 0.15) is 13.3 Å². The van der Waals surface area contributed by atoms with Gasteiger partial charge in [-0.2, -0.15) is 11.8 Å². The Balaban J connectivity index is 2.29. The molecule has 1 aromatic rings. The largest absolute Gasteiger partial charge is 0.492 e. The molecule has 0 aromatic heterocycles. The number of ether oxygens (including phenoxy) is 1. The van der Waals surface area contributed by atoms with E-state index < -0.39 is 10.0 Å². The fourth-order valence-corrected chi connectivity index (χ4v) is 4.63. The van der Waals surface area contributed by atoms with Crippen LogP contribution in [-0.4, -0.2) is 32.6 Å². The summed E-state index contributed by atoms with van der Waals surface area (Å²) in [6.45, 7) is 2.22. The van der Waals surface area contributed by atoms with Gasteiger partial charge in [0.25, 0.3) is 0 Å². The third kappa shape index (κ3) is 3.55. The van der Waals surface area contributed by atoms with E-state index in [0.717, 1.165) is 17.9 Å². The maximum Gasteiger partial charge on any atom is 0.244 e. The van der Waals surface area contributed by atoms with E-state index in [0.29, 0.717) is 18.0 Å². The molecule has 1 saturated heterocycles. The monoisotopic (exact) mass is 302 g/mol. The predicted molar refractivity (Wildman–Crippen MR) is 78.1 cm³/mol. The lowest BCUT2D eigenvalue weighted by Crippen LogP contribution is -2.34. The Kier molecular flexibility index (Phi) is 4.59. The van der Waals surface area contributed by atoms with Crippen molar-refractivity contribution in [1.29, 1.82) is 0 Å². The number of hydrogen-bond donors (Lipinski definition) is 2. The second-order valence-electron chi connectivity index (χ2n) is 4.32. The first-order valence-electron chi connectivity index (χ1n) is 6.15. The molecule has 1 aliphatic heterocycles. The van der Waals surface area contributed by atoms with E-state index in [2.05, 4.69) is 4.72 Å². The van der Waals surface area contributed by atoms with Crippen LogP contribution in [0, 0.1) is 0 Å². The first-order chi connectivity index (χ1) is 9.03. The van der Waals surface area contributed by atoms with Crippen molar-refractivity contribution < 1.29 is 13.2 Å². The van der Waals surface area contributed by atoms with E-state index in [-0.39, 0.29) is 10.9 Å². The van der Waals surface area contributed by atoms with E-state index in [1.807, 2.05) is 6.92 Å². The summed E-state index contributed by atoms with van der Waals surface area (Å²) < 4.78 is 32.8. The van der Waals surface area contributed by atoms with E-state index in [4.69, 9.17) is 10.5 Å². The lowest BCUT2D eigenvalue weighted by atomic mass is 10.3. The number of anilines is 1. The molecule has 106 valence electrons. The normalized spacial score (nSPS) is 19.5. The van der Waals surface area contributed by atoms with Gasteiger partial charge in [-0.15, -0.1) is 0 Å². The molecule has 1 atom stereocenters. The second kappa shape index (κ2) is 6.02. The van der Waals surface area contributed by atoms with Gasteiger partial charge in [0.1, 0.15) is 10.6 Å². The minimum absolute atomic E-state index is 0.00842. The highest BCUT2D eigenvalue weighted by molar-refractivity contribution is 7.99. The minimum Gasteiger partial charge on any atom is -0.492 e. The standard InChI is InChI=1S/C12H18N2O3S2/c1-2-17-11-4-3-9(13)7-12(11)19(15,16)14-10-5-6-18-8-10/h3-4,7,10,14H,2,5-6,8,13H2,1H3. The molecule has 2 rings (SSSR count). The highest BCUT2D eigenvalue weighted by atomic mass is 32.2. The van der Waals surface area contributed by atoms with Crippen molar-refractivity contribution in [2.24, 2.45) is 0 Å². The summed E-state index contributed by atoms with van der Waals surface area (Å²) in [6, 6.07) is 4.66. The Morgan fingerprint density at radius 1 is 1.53 bits per heavy atom. The molecule has 0 radical (unpaired) electrons. The number of thioether (sulfide) groups is 1. The SMILES string of the molecule is CCOc1ccc(N)cc1S(=O)(=O)NC1CCSC1. The van der Waals surface area contributed by atoms with Gasteiger partial charge in [-0.25, -0.2) is 13.1 Å². The zero-order valence-electron chi connectivity index (χ0n) is 10.8. The quantitative estimate of drug-likeness (QED) is 0.805. The van der Waals surface area contributed by atoms with Crippen LogP contribution in [0.25, 0.3) is 0 Å². The van der Waals surface area contributed by atoms with Crippen LogP contribution < -0.4 is 15.2 Å². The second-order valence-corrected chi connectivity index (χ2v) is 7.15. The Labute approximate surface area is 118 Å². The molecular weight excluding hydrogens is 284 g/mol. The first kappa shape index (κ1) is 14.5. The summed E-state index contributed by atoms with van der Waals surface area (Å²) in [4.78, 5) is 0.117. The predicted octanol–water partition coefficient (Wildman–Crippen LogP) is 1.45. The first-order valence-corrected chi connectivity index (χ1v) is 8.79. The third-order valence-corrected chi connectivity index (χ3v) is 5.51. The summed E-state index contributed by atoms with van der Waals surface area (Å²) >= 11 is 1.75. The molecule has 0 bridgehead atoms. The van der Waals surface area contributed by atoms with Gasteiger partial charge in [0.05, 0.1) is 6.61 Å². The van der Waals surface area contributed by atoms with Crippen LogP contribution in [0.5, 0.6) is 5.75 Å². The maximum atomic E-state index is 12.4. The van der Waals surface area contributed by atoms with Crippen molar-refractivity contribution in [1.82, 2.24) is 4.72 Å². The number of sulfonamides is 1. The number of benzene rings is 1. The molecule has 0 aliphatic carbocycles. The molecule has 1 fully saturated rings. The van der Waals surface area contributed by atoms with Crippen molar-refractivity contribution in [3.05, 3.63) is 18.2 Å². The van der Waals surface area contributed by atoms with Crippen LogP contribution in [0.4, 0.5) is 5.69 Å². The highest BCUT2D eigenvalue weighted by Crippen LogP contribution is 2.27. The van der Waals surface area contributed by atoms with Crippen molar-refractivity contribution in [3.63, 3.8) is 0 Å². The topological polar surface area (TPSA) is 81.4 Å². The van der Waals surface area contributed by atoms with Gasteiger partial charge in [0.2, 0.25) is 10.0 Å². The van der Waals surface area contributed by atoms with Gasteiger partial charge in [-0.3, -0.25) is 0 Å². The van der Waals surface area contributed by atoms with Crippen LogP contribution in [0.3, 0.4) is 0 Å². The molecule has 1 aromatic carbocycles. The molecule has 0 spiro atoms. The maximum absolute atomic E-state index is 12.4. The molecule has 0 saturated carbocycles. The summed E-state index contributed by atoms with van der Waals surface area (Å²) in [6.07, 6.45) is 0.857. The molecule has 7 heteroatoms. The Bertz CT molecular complexity index is 540. The van der Waals surface area contributed by atoms with Crippen LogP contribution >= 0.6 is 11.8 Å². The molecule has 1 unspecified atom stereocenters. The van der Waals surface area contributed by atoms with E-state index >= 15 is 0 Å². The van der Waals surface area contributed by atoms with Gasteiger partial charge in [0.15, 0.2) is 0 Å². The molecule has 19 heavy (non-hydrogen) atoms. The van der Waals surface area contributed by atoms with Crippen LogP contribution in [0.2, 0.25) is 0 Å². The van der Waals surface area contributed by atoms with Crippen molar-refractivity contribution in [2.75, 3.05) is 23.8 Å². The zero-order chi connectivity index (χ0) is 13.9. The van der Waals surface area contributed by atoms with Crippen molar-refractivity contribution in [2.45, 2.75) is 24.3 Å². The van der Waals surface area contributed by atoms with Crippen molar-refractivity contribution in [3.8, 4) is 5.75 Å². The van der Waals surface area contributed by atoms with E-state index in [9.17, 15) is 8.42 Å². The molecule has 1 aliphatic rings. The molecule has 1 heterocycles. The van der Waals surface area contributed by atoms with Gasteiger partial charge in [-0.05, 0) is 37.3 Å². The minimum atomic E-state index is -3.59. The number of nitrogen functional groups attached to an aromatic ring is 1. The molecule has 0 amide bonds. The third-order valence-electron chi connectivity index (χ3n) is 2.81. The lowest BCUT2D eigenvalue weighted by Gasteiger charge is -2.15. The lowest BCUT2D eigenvalue weighted by molar-refractivity contribution is 0.331. The van der Waals surface area contributed by atoms with E-state index in [1.54, 1.807) is 23.9 Å². The average Bonchev–Trinajstić information content (AvgIpc) is 2.83. The van der Waals surface area contributed by atoms with Crippen molar-refractivity contribution >= 4 is 27.5 Å². The van der Waals surface area contributed by atoms with Gasteiger partial charge in [-0.1, -0.05) is 0 Å². The number of hydrogen-bond acceptors (Lipinski definition) is 5. The smallest absolute Gasteiger partial charge is 0.244 e. The zero-order valence-corrected chi connectivity index (χ0v) is 12.4. The highest BCUT2D eigenvalue weighted by Gasteiger charge is 2.26. The molecular formula is C12H18N2O3S2. The fraction of sp³-hybridized carbons (Fsp3) is 0.500. The van der Waals surface area contributed by atoms with E-state index in [1.165, 1.54) is 6.07 Å². The van der Waals surface area contributed by atoms with Gasteiger partial charge in [0, 0.05) is 17.5 Å². The summed E-state index contributed by atoms with van der Waals surface area (Å²) in [7, 11) is -3.59. The average molecular weight is 302 g/mol. The number of nitrogens with one attached hydrogen (secondary N) is 1.